The normalized spacial score (nSPS) is 23.1. The fourth-order valence-electron chi connectivity index (χ4n) is 1.85. The summed E-state index contributed by atoms with van der Waals surface area (Å²) < 4.78 is 0. The summed E-state index contributed by atoms with van der Waals surface area (Å²) in [4.78, 5) is 4.88. The highest BCUT2D eigenvalue weighted by molar-refractivity contribution is 8.13. The number of amidine groups is 1. The van der Waals surface area contributed by atoms with Gasteiger partial charge in [-0.25, -0.2) is 0 Å². The highest BCUT2D eigenvalue weighted by Gasteiger charge is 2.27. The number of hydrogen-bond donors (Lipinski definition) is 1. The zero-order valence-corrected chi connectivity index (χ0v) is 13.4. The van der Waals surface area contributed by atoms with Crippen molar-refractivity contribution >= 4 is 28.7 Å². The lowest BCUT2D eigenvalue weighted by Gasteiger charge is -2.32. The van der Waals surface area contributed by atoms with E-state index in [0.717, 1.165) is 10.9 Å². The third-order valence-electron chi connectivity index (χ3n) is 3.09. The Morgan fingerprint density at radius 2 is 2.24 bits per heavy atom. The molecule has 0 amide bonds. The molecule has 0 saturated heterocycles. The molecule has 0 aliphatic carbocycles. The third kappa shape index (κ3) is 5.12. The van der Waals surface area contributed by atoms with Crippen molar-refractivity contribution in [1.29, 1.82) is 0 Å². The fraction of sp³-hybridized carbons (Fsp3) is 0.923. The van der Waals surface area contributed by atoms with Crippen LogP contribution in [0.2, 0.25) is 0 Å². The molecule has 100 valence electrons. The van der Waals surface area contributed by atoms with Gasteiger partial charge in [0.2, 0.25) is 0 Å². The second-order valence-electron chi connectivity index (χ2n) is 5.66. The van der Waals surface area contributed by atoms with E-state index in [9.17, 15) is 0 Å². The highest BCUT2D eigenvalue weighted by Crippen LogP contribution is 2.30. The van der Waals surface area contributed by atoms with Crippen molar-refractivity contribution in [3.63, 3.8) is 0 Å². The second-order valence-corrected chi connectivity index (χ2v) is 7.65. The molecular formula is C13H26N2S2. The Morgan fingerprint density at radius 1 is 1.53 bits per heavy atom. The Kier molecular flexibility index (Phi) is 6.21. The molecule has 0 spiro atoms. The van der Waals surface area contributed by atoms with Gasteiger partial charge in [0, 0.05) is 17.5 Å². The summed E-state index contributed by atoms with van der Waals surface area (Å²) in [7, 11) is 0. The van der Waals surface area contributed by atoms with Gasteiger partial charge in [-0.3, -0.25) is 4.99 Å². The van der Waals surface area contributed by atoms with Gasteiger partial charge in [0.15, 0.2) is 5.17 Å². The molecule has 0 fully saturated rings. The van der Waals surface area contributed by atoms with Gasteiger partial charge in [-0.15, -0.1) is 0 Å². The van der Waals surface area contributed by atoms with E-state index in [0.29, 0.717) is 12.1 Å². The van der Waals surface area contributed by atoms with Gasteiger partial charge in [-0.2, -0.15) is 11.8 Å². The van der Waals surface area contributed by atoms with E-state index in [-0.39, 0.29) is 5.41 Å². The van der Waals surface area contributed by atoms with Crippen molar-refractivity contribution < 1.29 is 0 Å². The molecule has 1 heterocycles. The molecule has 2 atom stereocenters. The van der Waals surface area contributed by atoms with E-state index in [1.54, 1.807) is 0 Å². The summed E-state index contributed by atoms with van der Waals surface area (Å²) >= 11 is 3.78. The van der Waals surface area contributed by atoms with Crippen molar-refractivity contribution in [1.82, 2.24) is 5.32 Å². The average molecular weight is 274 g/mol. The SMILES string of the molecule is CCC(CSC)NC1=NC(C(C)(C)C)CCS1. The zero-order chi connectivity index (χ0) is 12.9. The lowest BCUT2D eigenvalue weighted by Crippen LogP contribution is -2.39. The molecule has 0 aromatic carbocycles. The minimum Gasteiger partial charge on any atom is -0.361 e. The van der Waals surface area contributed by atoms with Gasteiger partial charge in [0.05, 0.1) is 6.04 Å². The van der Waals surface area contributed by atoms with Crippen LogP contribution in [0.4, 0.5) is 0 Å². The number of nitrogens with one attached hydrogen (secondary N) is 1. The Balaban J connectivity index is 2.60. The predicted octanol–water partition coefficient (Wildman–Crippen LogP) is 3.63. The molecule has 4 heteroatoms. The molecule has 1 N–H and O–H groups in total. The Hall–Kier alpha value is 0.170. The first kappa shape index (κ1) is 15.2. The lowest BCUT2D eigenvalue weighted by atomic mass is 9.85. The molecule has 2 nitrogen and oxygen atoms in total. The summed E-state index contributed by atoms with van der Waals surface area (Å²) in [6.45, 7) is 9.10. The summed E-state index contributed by atoms with van der Waals surface area (Å²) in [5, 5.41) is 4.76. The lowest BCUT2D eigenvalue weighted by molar-refractivity contribution is 0.315. The largest absolute Gasteiger partial charge is 0.361 e. The van der Waals surface area contributed by atoms with E-state index < -0.39 is 0 Å². The third-order valence-corrected chi connectivity index (χ3v) is 4.76. The van der Waals surface area contributed by atoms with Crippen LogP contribution in [0.25, 0.3) is 0 Å². The van der Waals surface area contributed by atoms with Gasteiger partial charge >= 0.3 is 0 Å². The Labute approximate surface area is 115 Å². The molecule has 2 unspecified atom stereocenters. The van der Waals surface area contributed by atoms with Gasteiger partial charge < -0.3 is 5.32 Å². The molecular weight excluding hydrogens is 248 g/mol. The molecule has 0 aromatic rings. The Bertz CT molecular complexity index is 259. The molecule has 0 bridgehead atoms. The Morgan fingerprint density at radius 3 is 2.76 bits per heavy atom. The quantitative estimate of drug-likeness (QED) is 0.847. The first-order chi connectivity index (χ1) is 7.97. The summed E-state index contributed by atoms with van der Waals surface area (Å²) in [5.74, 6) is 2.36. The van der Waals surface area contributed by atoms with E-state index >= 15 is 0 Å². The summed E-state index contributed by atoms with van der Waals surface area (Å²) in [6.07, 6.45) is 4.54. The zero-order valence-electron chi connectivity index (χ0n) is 11.7. The van der Waals surface area contributed by atoms with E-state index in [2.05, 4.69) is 39.3 Å². The number of hydrogen-bond acceptors (Lipinski definition) is 4. The smallest absolute Gasteiger partial charge is 0.157 e. The standard InChI is InChI=1S/C13H26N2S2/c1-6-10(9-16-5)14-12-15-11(7-8-17-12)13(2,3)4/h10-11H,6-9H2,1-5H3,(H,14,15). The van der Waals surface area contributed by atoms with Crippen molar-refractivity contribution in [2.45, 2.75) is 52.6 Å². The van der Waals surface area contributed by atoms with Crippen LogP contribution in [0.1, 0.15) is 40.5 Å². The average Bonchev–Trinajstić information content (AvgIpc) is 2.28. The van der Waals surface area contributed by atoms with Gasteiger partial charge in [-0.1, -0.05) is 39.5 Å². The molecule has 17 heavy (non-hydrogen) atoms. The van der Waals surface area contributed by atoms with Crippen LogP contribution in [-0.4, -0.2) is 35.0 Å². The molecule has 1 rings (SSSR count). The van der Waals surface area contributed by atoms with Gasteiger partial charge in [-0.05, 0) is 24.5 Å². The van der Waals surface area contributed by atoms with Crippen LogP contribution in [0, 0.1) is 5.41 Å². The molecule has 0 aromatic heterocycles. The maximum Gasteiger partial charge on any atom is 0.157 e. The fourth-order valence-corrected chi connectivity index (χ4v) is 3.56. The molecule has 0 saturated carbocycles. The van der Waals surface area contributed by atoms with Crippen molar-refractivity contribution in [3.05, 3.63) is 0 Å². The highest BCUT2D eigenvalue weighted by atomic mass is 32.2. The molecule has 1 aliphatic heterocycles. The van der Waals surface area contributed by atoms with E-state index in [4.69, 9.17) is 4.99 Å². The van der Waals surface area contributed by atoms with Gasteiger partial charge in [0.1, 0.15) is 0 Å². The monoisotopic (exact) mass is 274 g/mol. The second kappa shape index (κ2) is 6.93. The maximum absolute atomic E-state index is 4.88. The predicted molar refractivity (Wildman–Crippen MR) is 83.3 cm³/mol. The summed E-state index contributed by atoms with van der Waals surface area (Å²) in [5.41, 5.74) is 0.287. The number of aliphatic imine (C=N–C) groups is 1. The van der Waals surface area contributed by atoms with Crippen molar-refractivity contribution in [2.75, 3.05) is 17.8 Å². The van der Waals surface area contributed by atoms with Crippen LogP contribution >= 0.6 is 23.5 Å². The van der Waals surface area contributed by atoms with Crippen molar-refractivity contribution in [3.8, 4) is 0 Å². The van der Waals surface area contributed by atoms with E-state index in [1.165, 1.54) is 18.6 Å². The first-order valence-electron chi connectivity index (χ1n) is 6.43. The van der Waals surface area contributed by atoms with Crippen LogP contribution in [0.5, 0.6) is 0 Å². The number of nitrogens with zero attached hydrogens (tertiary/aromatic N) is 1. The topological polar surface area (TPSA) is 24.4 Å². The number of thioether (sulfide) groups is 2. The van der Waals surface area contributed by atoms with Crippen LogP contribution in [0.3, 0.4) is 0 Å². The summed E-state index contributed by atoms with van der Waals surface area (Å²) in [6, 6.07) is 1.04. The minimum atomic E-state index is 0.287. The van der Waals surface area contributed by atoms with E-state index in [1.807, 2.05) is 23.5 Å². The van der Waals surface area contributed by atoms with Crippen LogP contribution < -0.4 is 5.32 Å². The maximum atomic E-state index is 4.88. The van der Waals surface area contributed by atoms with Crippen LogP contribution in [0.15, 0.2) is 4.99 Å². The molecule has 0 radical (unpaired) electrons. The minimum absolute atomic E-state index is 0.287. The number of rotatable bonds is 4. The molecule has 1 aliphatic rings. The first-order valence-corrected chi connectivity index (χ1v) is 8.81. The van der Waals surface area contributed by atoms with Gasteiger partial charge in [0.25, 0.3) is 0 Å². The van der Waals surface area contributed by atoms with Crippen molar-refractivity contribution in [2.24, 2.45) is 10.4 Å². The van der Waals surface area contributed by atoms with Crippen LogP contribution in [-0.2, 0) is 0 Å².